The number of hydrogen-bond acceptors (Lipinski definition) is 6. The van der Waals surface area contributed by atoms with Crippen LogP contribution in [-0.2, 0) is 9.47 Å². The van der Waals surface area contributed by atoms with Crippen LogP contribution in [0.4, 0.5) is 0 Å². The standard InChI is InChI=1S/C19H26N4O3/c1-14(2)10-22-8-9-25-17(11-22)13-26-19(24)18-12-23(21-20-18)16-6-4-15(3)5-7-16/h4-7,12,14,17H,8-11,13H2,1-3H3. The fourth-order valence-corrected chi connectivity index (χ4v) is 2.99. The monoisotopic (exact) mass is 358 g/mol. The van der Waals surface area contributed by atoms with Gasteiger partial charge >= 0.3 is 5.97 Å². The Labute approximate surface area is 153 Å². The summed E-state index contributed by atoms with van der Waals surface area (Å²) >= 11 is 0. The summed E-state index contributed by atoms with van der Waals surface area (Å²) in [5, 5.41) is 7.92. The Bertz CT molecular complexity index is 727. The van der Waals surface area contributed by atoms with Gasteiger partial charge in [0.1, 0.15) is 12.7 Å². The molecule has 0 radical (unpaired) electrons. The van der Waals surface area contributed by atoms with E-state index in [1.165, 1.54) is 0 Å². The van der Waals surface area contributed by atoms with E-state index in [0.29, 0.717) is 12.5 Å². The van der Waals surface area contributed by atoms with Gasteiger partial charge in [-0.1, -0.05) is 36.8 Å². The van der Waals surface area contributed by atoms with E-state index in [1.807, 2.05) is 31.2 Å². The maximum Gasteiger partial charge on any atom is 0.360 e. The van der Waals surface area contributed by atoms with Crippen molar-refractivity contribution in [1.82, 2.24) is 19.9 Å². The highest BCUT2D eigenvalue weighted by Crippen LogP contribution is 2.11. The third-order valence-electron chi connectivity index (χ3n) is 4.25. The lowest BCUT2D eigenvalue weighted by Gasteiger charge is -2.33. The number of rotatable bonds is 6. The van der Waals surface area contributed by atoms with Crippen LogP contribution in [0.5, 0.6) is 0 Å². The highest BCUT2D eigenvalue weighted by atomic mass is 16.6. The lowest BCUT2D eigenvalue weighted by Crippen LogP contribution is -2.45. The molecule has 1 aliphatic heterocycles. The average molecular weight is 358 g/mol. The Morgan fingerprint density at radius 3 is 2.85 bits per heavy atom. The summed E-state index contributed by atoms with van der Waals surface area (Å²) in [4.78, 5) is 14.6. The molecule has 26 heavy (non-hydrogen) atoms. The smallest absolute Gasteiger partial charge is 0.360 e. The van der Waals surface area contributed by atoms with E-state index in [1.54, 1.807) is 10.9 Å². The van der Waals surface area contributed by atoms with Crippen LogP contribution in [0.2, 0.25) is 0 Å². The van der Waals surface area contributed by atoms with Crippen LogP contribution < -0.4 is 0 Å². The molecule has 1 saturated heterocycles. The van der Waals surface area contributed by atoms with Crippen molar-refractivity contribution in [3.63, 3.8) is 0 Å². The van der Waals surface area contributed by atoms with Crippen molar-refractivity contribution in [3.05, 3.63) is 41.7 Å². The Hall–Kier alpha value is -2.25. The minimum absolute atomic E-state index is 0.0985. The Morgan fingerprint density at radius 1 is 1.35 bits per heavy atom. The quantitative estimate of drug-likeness (QED) is 0.737. The van der Waals surface area contributed by atoms with Gasteiger partial charge in [0, 0.05) is 19.6 Å². The van der Waals surface area contributed by atoms with Crippen LogP contribution in [0.25, 0.3) is 5.69 Å². The summed E-state index contributed by atoms with van der Waals surface area (Å²) in [6.45, 7) is 10.0. The zero-order chi connectivity index (χ0) is 18.5. The van der Waals surface area contributed by atoms with Gasteiger partial charge in [-0.05, 0) is 25.0 Å². The molecule has 0 saturated carbocycles. The SMILES string of the molecule is Cc1ccc(-n2cc(C(=O)OCC3CN(CC(C)C)CCO3)nn2)cc1. The van der Waals surface area contributed by atoms with Gasteiger partial charge in [-0.25, -0.2) is 9.48 Å². The topological polar surface area (TPSA) is 69.5 Å². The van der Waals surface area contributed by atoms with E-state index in [0.717, 1.165) is 30.9 Å². The molecule has 0 N–H and O–H groups in total. The van der Waals surface area contributed by atoms with E-state index in [9.17, 15) is 4.79 Å². The number of morpholine rings is 1. The number of carbonyl (C=O) groups is 1. The highest BCUT2D eigenvalue weighted by molar-refractivity contribution is 5.86. The van der Waals surface area contributed by atoms with Gasteiger partial charge in [0.25, 0.3) is 0 Å². The average Bonchev–Trinajstić information content (AvgIpc) is 3.10. The normalized spacial score (nSPS) is 18.2. The zero-order valence-electron chi connectivity index (χ0n) is 15.6. The first kappa shape index (κ1) is 18.5. The number of hydrogen-bond donors (Lipinski definition) is 0. The maximum atomic E-state index is 12.2. The van der Waals surface area contributed by atoms with Gasteiger partial charge in [-0.2, -0.15) is 0 Å². The third-order valence-corrected chi connectivity index (χ3v) is 4.25. The summed E-state index contributed by atoms with van der Waals surface area (Å²) in [5.74, 6) is 0.126. The van der Waals surface area contributed by atoms with Crippen molar-refractivity contribution in [2.45, 2.75) is 26.9 Å². The van der Waals surface area contributed by atoms with Crippen molar-refractivity contribution >= 4 is 5.97 Å². The molecule has 1 aromatic carbocycles. The fourth-order valence-electron chi connectivity index (χ4n) is 2.99. The Morgan fingerprint density at radius 2 is 2.12 bits per heavy atom. The van der Waals surface area contributed by atoms with Crippen molar-refractivity contribution in [3.8, 4) is 5.69 Å². The molecule has 7 heteroatoms. The summed E-state index contributed by atoms with van der Waals surface area (Å²) in [6.07, 6.45) is 1.48. The first-order valence-corrected chi connectivity index (χ1v) is 9.01. The first-order chi connectivity index (χ1) is 12.5. The molecule has 0 aliphatic carbocycles. The summed E-state index contributed by atoms with van der Waals surface area (Å²) in [5.41, 5.74) is 2.20. The first-order valence-electron chi connectivity index (χ1n) is 9.01. The zero-order valence-corrected chi connectivity index (χ0v) is 15.6. The Kier molecular flexibility index (Phi) is 6.00. The van der Waals surface area contributed by atoms with E-state index in [-0.39, 0.29) is 18.4 Å². The number of carbonyl (C=O) groups excluding carboxylic acids is 1. The second kappa shape index (κ2) is 8.42. The Balaban J connectivity index is 1.53. The number of nitrogens with zero attached hydrogens (tertiary/aromatic N) is 4. The molecule has 1 fully saturated rings. The van der Waals surface area contributed by atoms with E-state index >= 15 is 0 Å². The van der Waals surface area contributed by atoms with Crippen LogP contribution in [0.15, 0.2) is 30.5 Å². The lowest BCUT2D eigenvalue weighted by atomic mass is 10.2. The molecule has 0 bridgehead atoms. The molecule has 1 unspecified atom stereocenters. The molecule has 1 aliphatic rings. The van der Waals surface area contributed by atoms with Crippen LogP contribution in [-0.4, -0.2) is 64.8 Å². The summed E-state index contributed by atoms with van der Waals surface area (Å²) in [6, 6.07) is 7.83. The minimum atomic E-state index is -0.479. The molecule has 2 heterocycles. The molecule has 7 nitrogen and oxygen atoms in total. The number of aryl methyl sites for hydroxylation is 1. The minimum Gasteiger partial charge on any atom is -0.458 e. The predicted molar refractivity (Wildman–Crippen MR) is 97.4 cm³/mol. The molecule has 140 valence electrons. The number of ether oxygens (including phenoxy) is 2. The second-order valence-electron chi connectivity index (χ2n) is 7.13. The van der Waals surface area contributed by atoms with E-state index in [2.05, 4.69) is 29.1 Å². The molecule has 1 atom stereocenters. The van der Waals surface area contributed by atoms with Gasteiger partial charge in [-0.3, -0.25) is 4.90 Å². The van der Waals surface area contributed by atoms with Crippen LogP contribution in [0.3, 0.4) is 0 Å². The fraction of sp³-hybridized carbons (Fsp3) is 0.526. The van der Waals surface area contributed by atoms with Crippen molar-refractivity contribution in [2.75, 3.05) is 32.8 Å². The summed E-state index contributed by atoms with van der Waals surface area (Å²) in [7, 11) is 0. The van der Waals surface area contributed by atoms with Crippen molar-refractivity contribution in [2.24, 2.45) is 5.92 Å². The molecular formula is C19H26N4O3. The number of benzene rings is 1. The second-order valence-corrected chi connectivity index (χ2v) is 7.13. The lowest BCUT2D eigenvalue weighted by molar-refractivity contribution is -0.0613. The molecule has 0 spiro atoms. The van der Waals surface area contributed by atoms with Crippen LogP contribution in [0.1, 0.15) is 29.9 Å². The van der Waals surface area contributed by atoms with Gasteiger partial charge in [-0.15, -0.1) is 5.10 Å². The molecule has 0 amide bonds. The summed E-state index contributed by atoms with van der Waals surface area (Å²) < 4.78 is 12.7. The van der Waals surface area contributed by atoms with E-state index in [4.69, 9.17) is 9.47 Å². The molecule has 1 aromatic heterocycles. The van der Waals surface area contributed by atoms with Crippen LogP contribution in [0, 0.1) is 12.8 Å². The maximum absolute atomic E-state index is 12.2. The molecule has 2 aromatic rings. The van der Waals surface area contributed by atoms with Crippen molar-refractivity contribution in [1.29, 1.82) is 0 Å². The van der Waals surface area contributed by atoms with Gasteiger partial charge in [0.2, 0.25) is 0 Å². The van der Waals surface area contributed by atoms with Gasteiger partial charge in [0.15, 0.2) is 5.69 Å². The van der Waals surface area contributed by atoms with E-state index < -0.39 is 5.97 Å². The van der Waals surface area contributed by atoms with Gasteiger partial charge < -0.3 is 9.47 Å². The van der Waals surface area contributed by atoms with Crippen molar-refractivity contribution < 1.29 is 14.3 Å². The number of aromatic nitrogens is 3. The largest absolute Gasteiger partial charge is 0.458 e. The number of esters is 1. The van der Waals surface area contributed by atoms with Gasteiger partial charge in [0.05, 0.1) is 18.5 Å². The third kappa shape index (κ3) is 4.89. The molecule has 3 rings (SSSR count). The predicted octanol–water partition coefficient (Wildman–Crippen LogP) is 2.09. The molecular weight excluding hydrogens is 332 g/mol. The van der Waals surface area contributed by atoms with Crippen LogP contribution >= 0.6 is 0 Å². The highest BCUT2D eigenvalue weighted by Gasteiger charge is 2.23.